The van der Waals surface area contributed by atoms with Crippen LogP contribution in [0.5, 0.6) is 5.75 Å². The second kappa shape index (κ2) is 6.31. The smallest absolute Gasteiger partial charge is 0.115 e. The van der Waals surface area contributed by atoms with Crippen LogP contribution in [-0.4, -0.2) is 5.11 Å². The number of hydrogen-bond donors (Lipinski definition) is 2. The summed E-state index contributed by atoms with van der Waals surface area (Å²) in [7, 11) is 0. The molecule has 1 atom stereocenters. The van der Waals surface area contributed by atoms with E-state index in [4.69, 9.17) is 0 Å². The van der Waals surface area contributed by atoms with Gasteiger partial charge in [-0.05, 0) is 60.1 Å². The Morgan fingerprint density at radius 3 is 2.62 bits per heavy atom. The van der Waals surface area contributed by atoms with Gasteiger partial charge in [0.15, 0.2) is 0 Å². The summed E-state index contributed by atoms with van der Waals surface area (Å²) in [6, 6.07) is 15.0. The van der Waals surface area contributed by atoms with Gasteiger partial charge in [0.25, 0.3) is 0 Å². The third-order valence-corrected chi connectivity index (χ3v) is 4.43. The summed E-state index contributed by atoms with van der Waals surface area (Å²) in [5.41, 5.74) is 5.34. The molecule has 0 saturated carbocycles. The van der Waals surface area contributed by atoms with Crippen molar-refractivity contribution in [2.75, 3.05) is 0 Å². The highest BCUT2D eigenvalue weighted by Gasteiger charge is 2.20. The quantitative estimate of drug-likeness (QED) is 0.883. The standard InChI is InChI=1S/C19H23NO/c1-2-14-6-8-15(9-7-14)13-20-19-5-3-4-16-10-11-17(21)12-18(16)19/h6-12,19-21H,2-5,13H2,1H3. The predicted octanol–water partition coefficient (Wildman–Crippen LogP) is 4.12. The van der Waals surface area contributed by atoms with Crippen molar-refractivity contribution < 1.29 is 5.11 Å². The molecule has 0 radical (unpaired) electrons. The Labute approximate surface area is 126 Å². The van der Waals surface area contributed by atoms with Gasteiger partial charge in [0, 0.05) is 12.6 Å². The summed E-state index contributed by atoms with van der Waals surface area (Å²) in [5, 5.41) is 13.4. The second-order valence-corrected chi connectivity index (χ2v) is 5.88. The molecule has 0 bridgehead atoms. The van der Waals surface area contributed by atoms with Crippen molar-refractivity contribution in [3.8, 4) is 5.75 Å². The number of rotatable bonds is 4. The van der Waals surface area contributed by atoms with Gasteiger partial charge in [-0.25, -0.2) is 0 Å². The van der Waals surface area contributed by atoms with E-state index >= 15 is 0 Å². The third kappa shape index (κ3) is 3.27. The van der Waals surface area contributed by atoms with E-state index in [0.29, 0.717) is 11.8 Å². The largest absolute Gasteiger partial charge is 0.508 e. The molecule has 1 aliphatic carbocycles. The molecular formula is C19H23NO. The van der Waals surface area contributed by atoms with Gasteiger partial charge in [0.2, 0.25) is 0 Å². The van der Waals surface area contributed by atoms with Crippen LogP contribution in [0.3, 0.4) is 0 Å². The molecule has 1 unspecified atom stereocenters. The van der Waals surface area contributed by atoms with E-state index in [-0.39, 0.29) is 0 Å². The lowest BCUT2D eigenvalue weighted by atomic mass is 9.87. The van der Waals surface area contributed by atoms with Crippen LogP contribution in [0.2, 0.25) is 0 Å². The Morgan fingerprint density at radius 1 is 1.10 bits per heavy atom. The van der Waals surface area contributed by atoms with E-state index in [1.807, 2.05) is 6.07 Å². The van der Waals surface area contributed by atoms with E-state index in [2.05, 4.69) is 42.6 Å². The van der Waals surface area contributed by atoms with Gasteiger partial charge in [0.05, 0.1) is 0 Å². The maximum atomic E-state index is 9.72. The van der Waals surface area contributed by atoms with Gasteiger partial charge in [-0.2, -0.15) is 0 Å². The summed E-state index contributed by atoms with van der Waals surface area (Å²) in [6.07, 6.45) is 4.57. The Balaban J connectivity index is 1.70. The van der Waals surface area contributed by atoms with Crippen LogP contribution in [0, 0.1) is 0 Å². The number of benzene rings is 2. The average Bonchev–Trinajstić information content (AvgIpc) is 2.53. The van der Waals surface area contributed by atoms with Crippen molar-refractivity contribution in [1.29, 1.82) is 0 Å². The van der Waals surface area contributed by atoms with Gasteiger partial charge in [0.1, 0.15) is 5.75 Å². The maximum absolute atomic E-state index is 9.72. The van der Waals surface area contributed by atoms with E-state index < -0.39 is 0 Å². The van der Waals surface area contributed by atoms with Crippen molar-refractivity contribution >= 4 is 0 Å². The highest BCUT2D eigenvalue weighted by atomic mass is 16.3. The maximum Gasteiger partial charge on any atom is 0.115 e. The molecule has 0 fully saturated rings. The van der Waals surface area contributed by atoms with Gasteiger partial charge < -0.3 is 10.4 Å². The molecule has 0 heterocycles. The number of nitrogens with one attached hydrogen (secondary N) is 1. The number of hydrogen-bond acceptors (Lipinski definition) is 2. The Kier molecular flexibility index (Phi) is 4.26. The lowest BCUT2D eigenvalue weighted by Gasteiger charge is -2.26. The molecule has 2 aromatic rings. The SMILES string of the molecule is CCc1ccc(CNC2CCCc3ccc(O)cc32)cc1. The Morgan fingerprint density at radius 2 is 1.86 bits per heavy atom. The van der Waals surface area contributed by atoms with Crippen molar-refractivity contribution in [2.24, 2.45) is 0 Å². The Bertz CT molecular complexity index is 603. The van der Waals surface area contributed by atoms with Gasteiger partial charge in [-0.3, -0.25) is 0 Å². The molecule has 110 valence electrons. The zero-order valence-corrected chi connectivity index (χ0v) is 12.6. The molecule has 0 aromatic heterocycles. The van der Waals surface area contributed by atoms with E-state index in [1.54, 1.807) is 6.07 Å². The second-order valence-electron chi connectivity index (χ2n) is 5.88. The fraction of sp³-hybridized carbons (Fsp3) is 0.368. The zero-order chi connectivity index (χ0) is 14.7. The number of phenolic OH excluding ortho intramolecular Hbond substituents is 1. The predicted molar refractivity (Wildman–Crippen MR) is 86.4 cm³/mol. The van der Waals surface area contributed by atoms with Crippen LogP contribution in [0.15, 0.2) is 42.5 Å². The molecule has 2 aromatic carbocycles. The first-order valence-corrected chi connectivity index (χ1v) is 7.89. The van der Waals surface area contributed by atoms with E-state index in [0.717, 1.165) is 25.8 Å². The first kappa shape index (κ1) is 14.2. The van der Waals surface area contributed by atoms with Crippen molar-refractivity contribution in [3.05, 3.63) is 64.7 Å². The van der Waals surface area contributed by atoms with Crippen molar-refractivity contribution in [3.63, 3.8) is 0 Å². The first-order valence-electron chi connectivity index (χ1n) is 7.89. The normalized spacial score (nSPS) is 17.5. The molecule has 2 heteroatoms. The van der Waals surface area contributed by atoms with Gasteiger partial charge in [-0.1, -0.05) is 37.3 Å². The van der Waals surface area contributed by atoms with Crippen molar-refractivity contribution in [1.82, 2.24) is 5.32 Å². The van der Waals surface area contributed by atoms with Gasteiger partial charge >= 0.3 is 0 Å². The van der Waals surface area contributed by atoms with Crippen LogP contribution in [0.25, 0.3) is 0 Å². The minimum Gasteiger partial charge on any atom is -0.508 e. The summed E-state index contributed by atoms with van der Waals surface area (Å²) in [4.78, 5) is 0. The summed E-state index contributed by atoms with van der Waals surface area (Å²) < 4.78 is 0. The highest BCUT2D eigenvalue weighted by Crippen LogP contribution is 2.32. The molecule has 0 saturated heterocycles. The molecule has 0 spiro atoms. The Hall–Kier alpha value is -1.80. The topological polar surface area (TPSA) is 32.3 Å². The van der Waals surface area contributed by atoms with Crippen LogP contribution in [0.4, 0.5) is 0 Å². The molecule has 3 rings (SSSR count). The molecule has 2 N–H and O–H groups in total. The summed E-state index contributed by atoms with van der Waals surface area (Å²) in [6.45, 7) is 3.06. The molecule has 2 nitrogen and oxygen atoms in total. The van der Waals surface area contributed by atoms with E-state index in [1.165, 1.54) is 28.7 Å². The van der Waals surface area contributed by atoms with Gasteiger partial charge in [-0.15, -0.1) is 0 Å². The highest BCUT2D eigenvalue weighted by molar-refractivity contribution is 5.38. The fourth-order valence-electron chi connectivity index (χ4n) is 3.13. The summed E-state index contributed by atoms with van der Waals surface area (Å²) >= 11 is 0. The third-order valence-electron chi connectivity index (χ3n) is 4.43. The number of phenols is 1. The van der Waals surface area contributed by atoms with Crippen molar-refractivity contribution in [2.45, 2.75) is 45.2 Å². The number of aromatic hydroxyl groups is 1. The summed E-state index contributed by atoms with van der Waals surface area (Å²) in [5.74, 6) is 0.370. The number of fused-ring (bicyclic) bond motifs is 1. The van der Waals surface area contributed by atoms with Crippen LogP contribution in [0.1, 0.15) is 48.1 Å². The molecular weight excluding hydrogens is 258 g/mol. The molecule has 1 aliphatic rings. The molecule has 0 aliphatic heterocycles. The van der Waals surface area contributed by atoms with Crippen LogP contribution in [-0.2, 0) is 19.4 Å². The lowest BCUT2D eigenvalue weighted by Crippen LogP contribution is -2.24. The minimum absolute atomic E-state index is 0.353. The van der Waals surface area contributed by atoms with Crippen LogP contribution >= 0.6 is 0 Å². The minimum atomic E-state index is 0.353. The monoisotopic (exact) mass is 281 g/mol. The first-order chi connectivity index (χ1) is 10.3. The number of aryl methyl sites for hydroxylation is 2. The molecule has 21 heavy (non-hydrogen) atoms. The zero-order valence-electron chi connectivity index (χ0n) is 12.6. The average molecular weight is 281 g/mol. The van der Waals surface area contributed by atoms with Crippen LogP contribution < -0.4 is 5.32 Å². The molecule has 0 amide bonds. The lowest BCUT2D eigenvalue weighted by molar-refractivity contribution is 0.446. The van der Waals surface area contributed by atoms with E-state index in [9.17, 15) is 5.11 Å². The fourth-order valence-corrected chi connectivity index (χ4v) is 3.13.